The van der Waals surface area contributed by atoms with Crippen molar-refractivity contribution in [2.45, 2.75) is 18.4 Å². The molecule has 0 aliphatic rings. The van der Waals surface area contributed by atoms with Crippen LogP contribution in [0.3, 0.4) is 0 Å². The van der Waals surface area contributed by atoms with E-state index in [1.165, 1.54) is 0 Å². The molecule has 3 N–H and O–H groups in total. The highest BCUT2D eigenvalue weighted by Crippen LogP contribution is 2.29. The van der Waals surface area contributed by atoms with Gasteiger partial charge in [0.1, 0.15) is 12.2 Å². The third-order valence-electron chi connectivity index (χ3n) is 1.97. The van der Waals surface area contributed by atoms with Crippen molar-refractivity contribution in [3.63, 3.8) is 0 Å². The predicted molar refractivity (Wildman–Crippen MR) is 47.3 cm³/mol. The molecular formula is C9H10F3NO3. The van der Waals surface area contributed by atoms with Crippen molar-refractivity contribution in [2.24, 2.45) is 0 Å². The van der Waals surface area contributed by atoms with E-state index in [0.29, 0.717) is 6.20 Å². The molecule has 1 aromatic rings. The van der Waals surface area contributed by atoms with Gasteiger partial charge in [0.25, 0.3) is 0 Å². The van der Waals surface area contributed by atoms with Crippen molar-refractivity contribution in [1.29, 1.82) is 0 Å². The number of aliphatic hydroxyl groups is 3. The zero-order valence-corrected chi connectivity index (χ0v) is 8.02. The second-order valence-electron chi connectivity index (χ2n) is 3.16. The van der Waals surface area contributed by atoms with E-state index in [9.17, 15) is 18.3 Å². The van der Waals surface area contributed by atoms with E-state index < -0.39 is 30.6 Å². The van der Waals surface area contributed by atoms with Crippen LogP contribution in [0.4, 0.5) is 13.2 Å². The van der Waals surface area contributed by atoms with Crippen LogP contribution in [-0.2, 0) is 6.18 Å². The maximum absolute atomic E-state index is 12.2. The number of pyridine rings is 1. The van der Waals surface area contributed by atoms with E-state index in [1.54, 1.807) is 0 Å². The van der Waals surface area contributed by atoms with E-state index >= 15 is 0 Å². The molecule has 0 radical (unpaired) electrons. The lowest BCUT2D eigenvalue weighted by Crippen LogP contribution is -2.23. The summed E-state index contributed by atoms with van der Waals surface area (Å²) in [7, 11) is 0. The SMILES string of the molecule is OCC(O)C(O)c1ccc(C(F)(F)F)cn1. The summed E-state index contributed by atoms with van der Waals surface area (Å²) in [4.78, 5) is 3.37. The summed E-state index contributed by atoms with van der Waals surface area (Å²) in [6.45, 7) is -0.704. The summed E-state index contributed by atoms with van der Waals surface area (Å²) in [5.41, 5.74) is -1.07. The molecule has 0 aromatic carbocycles. The first-order valence-electron chi connectivity index (χ1n) is 4.36. The van der Waals surface area contributed by atoms with Gasteiger partial charge in [0, 0.05) is 6.20 Å². The minimum atomic E-state index is -4.49. The first-order valence-corrected chi connectivity index (χ1v) is 4.36. The summed E-state index contributed by atoms with van der Waals surface area (Å²) in [6.07, 6.45) is -6.91. The Morgan fingerprint density at radius 2 is 1.88 bits per heavy atom. The molecule has 1 heterocycles. The fraction of sp³-hybridized carbons (Fsp3) is 0.444. The van der Waals surface area contributed by atoms with E-state index in [2.05, 4.69) is 4.98 Å². The highest BCUT2D eigenvalue weighted by atomic mass is 19.4. The zero-order valence-electron chi connectivity index (χ0n) is 8.02. The summed E-state index contributed by atoms with van der Waals surface area (Å²) in [5, 5.41) is 26.9. The topological polar surface area (TPSA) is 73.6 Å². The van der Waals surface area contributed by atoms with Gasteiger partial charge in [-0.2, -0.15) is 13.2 Å². The fourth-order valence-corrected chi connectivity index (χ4v) is 1.04. The molecule has 0 saturated carbocycles. The summed E-state index contributed by atoms with van der Waals surface area (Å²) in [5.74, 6) is 0. The molecule has 0 aliphatic carbocycles. The number of rotatable bonds is 3. The van der Waals surface area contributed by atoms with Crippen molar-refractivity contribution in [2.75, 3.05) is 6.61 Å². The third kappa shape index (κ3) is 2.91. The van der Waals surface area contributed by atoms with Gasteiger partial charge in [0.2, 0.25) is 0 Å². The molecule has 0 fully saturated rings. The Kier molecular flexibility index (Phi) is 3.84. The number of aliphatic hydroxyl groups excluding tert-OH is 3. The van der Waals surface area contributed by atoms with Gasteiger partial charge < -0.3 is 15.3 Å². The number of aromatic nitrogens is 1. The standard InChI is InChI=1S/C9H10F3NO3/c10-9(11,12)5-1-2-6(13-3-5)8(16)7(15)4-14/h1-3,7-8,14-16H,4H2. The first kappa shape index (κ1) is 12.9. The molecule has 16 heavy (non-hydrogen) atoms. The predicted octanol–water partition coefficient (Wildman–Crippen LogP) is 0.487. The average Bonchev–Trinajstić information content (AvgIpc) is 2.26. The Morgan fingerprint density at radius 3 is 2.25 bits per heavy atom. The van der Waals surface area contributed by atoms with Crippen LogP contribution in [0.2, 0.25) is 0 Å². The second-order valence-corrected chi connectivity index (χ2v) is 3.16. The van der Waals surface area contributed by atoms with Crippen LogP contribution in [0.5, 0.6) is 0 Å². The third-order valence-corrected chi connectivity index (χ3v) is 1.97. The van der Waals surface area contributed by atoms with E-state index in [1.807, 2.05) is 0 Å². The smallest absolute Gasteiger partial charge is 0.394 e. The molecule has 4 nitrogen and oxygen atoms in total. The van der Waals surface area contributed by atoms with Crippen molar-refractivity contribution < 1.29 is 28.5 Å². The Morgan fingerprint density at radius 1 is 1.25 bits per heavy atom. The van der Waals surface area contributed by atoms with Crippen LogP contribution in [0.25, 0.3) is 0 Å². The number of alkyl halides is 3. The number of hydrogen-bond acceptors (Lipinski definition) is 4. The van der Waals surface area contributed by atoms with Gasteiger partial charge in [0.15, 0.2) is 0 Å². The van der Waals surface area contributed by atoms with Gasteiger partial charge in [-0.25, -0.2) is 0 Å². The van der Waals surface area contributed by atoms with Gasteiger partial charge in [-0.3, -0.25) is 4.98 Å². The largest absolute Gasteiger partial charge is 0.417 e. The minimum absolute atomic E-state index is 0.130. The Hall–Kier alpha value is -1.18. The molecule has 0 amide bonds. The van der Waals surface area contributed by atoms with Crippen molar-refractivity contribution in [1.82, 2.24) is 4.98 Å². The molecule has 0 bridgehead atoms. The maximum atomic E-state index is 12.2. The minimum Gasteiger partial charge on any atom is -0.394 e. The number of halogens is 3. The first-order chi connectivity index (χ1) is 7.36. The van der Waals surface area contributed by atoms with Gasteiger partial charge in [-0.05, 0) is 12.1 Å². The van der Waals surface area contributed by atoms with Crippen LogP contribution >= 0.6 is 0 Å². The summed E-state index contributed by atoms with van der Waals surface area (Å²) < 4.78 is 36.5. The zero-order chi connectivity index (χ0) is 12.3. The van der Waals surface area contributed by atoms with Crippen molar-refractivity contribution in [3.05, 3.63) is 29.6 Å². The summed E-state index contributed by atoms with van der Waals surface area (Å²) >= 11 is 0. The quantitative estimate of drug-likeness (QED) is 0.715. The highest BCUT2D eigenvalue weighted by molar-refractivity contribution is 5.18. The lowest BCUT2D eigenvalue weighted by molar-refractivity contribution is -0.137. The molecule has 2 unspecified atom stereocenters. The average molecular weight is 237 g/mol. The molecular weight excluding hydrogens is 227 g/mol. The Bertz CT molecular complexity index is 339. The van der Waals surface area contributed by atoms with Crippen molar-refractivity contribution in [3.8, 4) is 0 Å². The summed E-state index contributed by atoms with van der Waals surface area (Å²) in [6, 6.07) is 1.70. The van der Waals surface area contributed by atoms with Crippen LogP contribution in [0.15, 0.2) is 18.3 Å². The van der Waals surface area contributed by atoms with Gasteiger partial charge in [0.05, 0.1) is 17.9 Å². The van der Waals surface area contributed by atoms with E-state index in [4.69, 9.17) is 10.2 Å². The fourth-order valence-electron chi connectivity index (χ4n) is 1.04. The van der Waals surface area contributed by atoms with Gasteiger partial charge in [-0.15, -0.1) is 0 Å². The van der Waals surface area contributed by atoms with Crippen molar-refractivity contribution >= 4 is 0 Å². The van der Waals surface area contributed by atoms with E-state index in [0.717, 1.165) is 12.1 Å². The normalized spacial score (nSPS) is 15.9. The van der Waals surface area contributed by atoms with Gasteiger partial charge in [-0.1, -0.05) is 0 Å². The Labute approximate surface area is 89.0 Å². The molecule has 7 heteroatoms. The molecule has 2 atom stereocenters. The number of hydrogen-bond donors (Lipinski definition) is 3. The monoisotopic (exact) mass is 237 g/mol. The molecule has 0 spiro atoms. The highest BCUT2D eigenvalue weighted by Gasteiger charge is 2.31. The molecule has 90 valence electrons. The lowest BCUT2D eigenvalue weighted by Gasteiger charge is -2.15. The Balaban J connectivity index is 2.87. The van der Waals surface area contributed by atoms with E-state index in [-0.39, 0.29) is 5.69 Å². The lowest BCUT2D eigenvalue weighted by atomic mass is 10.1. The van der Waals surface area contributed by atoms with Crippen LogP contribution in [0, 0.1) is 0 Å². The van der Waals surface area contributed by atoms with Crippen LogP contribution in [-0.4, -0.2) is 33.0 Å². The second kappa shape index (κ2) is 4.77. The van der Waals surface area contributed by atoms with Crippen LogP contribution < -0.4 is 0 Å². The molecule has 1 aromatic heterocycles. The number of nitrogens with zero attached hydrogens (tertiary/aromatic N) is 1. The maximum Gasteiger partial charge on any atom is 0.417 e. The molecule has 1 rings (SSSR count). The molecule has 0 aliphatic heterocycles. The van der Waals surface area contributed by atoms with Crippen LogP contribution in [0.1, 0.15) is 17.4 Å². The molecule has 0 saturated heterocycles. The van der Waals surface area contributed by atoms with Gasteiger partial charge >= 0.3 is 6.18 Å².